The molecule has 3 aliphatic rings. The zero-order chi connectivity index (χ0) is 26.7. The largest absolute Gasteiger partial charge is 0.295 e. The van der Waals surface area contributed by atoms with Gasteiger partial charge in [-0.2, -0.15) is 0 Å². The second-order valence-corrected chi connectivity index (χ2v) is 13.6. The molecule has 2 atom stereocenters. The molecule has 0 aliphatic heterocycles. The number of carbonyl (C=O) groups is 1. The van der Waals surface area contributed by atoms with Crippen molar-refractivity contribution in [1.29, 1.82) is 0 Å². The van der Waals surface area contributed by atoms with Crippen LogP contribution in [-0.2, 0) is 4.79 Å². The Kier molecular flexibility index (Phi) is 12.0. The van der Waals surface area contributed by atoms with E-state index in [2.05, 4.69) is 45.0 Å². The summed E-state index contributed by atoms with van der Waals surface area (Å²) in [6, 6.07) is 9.37. The molecule has 1 heteroatoms. The Morgan fingerprint density at radius 3 is 2.08 bits per heavy atom. The standard InChI is InChI=1S/C37H58O/c1-4-6-7-8-9-10-11-29-12-18-34(19-13-29)36-25-24-35(27-37(36)38)33-22-20-32(21-23-33)31-16-14-30(15-17-31)26-28(3)5-2/h20-23,27-31,34,36H,4-19,24-26H2,1-3H3. The first kappa shape index (κ1) is 29.6. The molecule has 2 fully saturated rings. The lowest BCUT2D eigenvalue weighted by atomic mass is 9.70. The molecule has 1 aromatic carbocycles. The average Bonchev–Trinajstić information content (AvgIpc) is 2.96. The molecule has 2 unspecified atom stereocenters. The zero-order valence-corrected chi connectivity index (χ0v) is 25.2. The summed E-state index contributed by atoms with van der Waals surface area (Å²) in [5.41, 5.74) is 4.09. The topological polar surface area (TPSA) is 17.1 Å². The molecule has 0 bridgehead atoms. The van der Waals surface area contributed by atoms with E-state index in [0.717, 1.165) is 36.5 Å². The molecule has 0 spiro atoms. The van der Waals surface area contributed by atoms with Crippen LogP contribution in [0.15, 0.2) is 30.3 Å². The molecule has 0 N–H and O–H groups in total. The highest BCUT2D eigenvalue weighted by molar-refractivity contribution is 6.00. The number of ketones is 1. The highest BCUT2D eigenvalue weighted by Gasteiger charge is 2.33. The number of hydrogen-bond donors (Lipinski definition) is 0. The summed E-state index contributed by atoms with van der Waals surface area (Å²) in [6.07, 6.45) is 27.6. The number of rotatable bonds is 13. The van der Waals surface area contributed by atoms with Crippen LogP contribution >= 0.6 is 0 Å². The third-order valence-corrected chi connectivity index (χ3v) is 10.9. The van der Waals surface area contributed by atoms with Gasteiger partial charge in [-0.1, -0.05) is 109 Å². The van der Waals surface area contributed by atoms with Gasteiger partial charge in [0.15, 0.2) is 5.78 Å². The summed E-state index contributed by atoms with van der Waals surface area (Å²) in [4.78, 5) is 13.2. The highest BCUT2D eigenvalue weighted by atomic mass is 16.1. The van der Waals surface area contributed by atoms with Gasteiger partial charge in [0.25, 0.3) is 0 Å². The number of allylic oxidation sites excluding steroid dienone is 2. The third-order valence-electron chi connectivity index (χ3n) is 10.9. The van der Waals surface area contributed by atoms with E-state index in [0.29, 0.717) is 17.6 Å². The highest BCUT2D eigenvalue weighted by Crippen LogP contribution is 2.42. The van der Waals surface area contributed by atoms with Crippen molar-refractivity contribution in [2.45, 2.75) is 149 Å². The predicted molar refractivity (Wildman–Crippen MR) is 164 cm³/mol. The Balaban J connectivity index is 1.20. The molecular weight excluding hydrogens is 460 g/mol. The zero-order valence-electron chi connectivity index (χ0n) is 25.2. The molecule has 0 amide bonds. The smallest absolute Gasteiger partial charge is 0.159 e. The monoisotopic (exact) mass is 518 g/mol. The fraction of sp³-hybridized carbons (Fsp3) is 0.757. The lowest BCUT2D eigenvalue weighted by molar-refractivity contribution is -0.120. The molecule has 212 valence electrons. The van der Waals surface area contributed by atoms with Gasteiger partial charge in [0, 0.05) is 5.92 Å². The van der Waals surface area contributed by atoms with Crippen molar-refractivity contribution in [3.05, 3.63) is 41.5 Å². The molecule has 0 aromatic heterocycles. The van der Waals surface area contributed by atoms with Crippen molar-refractivity contribution in [3.8, 4) is 0 Å². The molecule has 0 heterocycles. The molecule has 2 saturated carbocycles. The van der Waals surface area contributed by atoms with Gasteiger partial charge in [-0.05, 0) is 110 Å². The van der Waals surface area contributed by atoms with Crippen LogP contribution in [0, 0.1) is 29.6 Å². The van der Waals surface area contributed by atoms with Crippen LogP contribution in [0.3, 0.4) is 0 Å². The van der Waals surface area contributed by atoms with Crippen LogP contribution in [0.25, 0.3) is 5.57 Å². The summed E-state index contributed by atoms with van der Waals surface area (Å²) in [6.45, 7) is 7.04. The SMILES string of the molecule is CCCCCCCCC1CCC(C2CCC(c3ccc(C4CCC(CC(C)CC)CC4)cc3)=CC2=O)CC1. The van der Waals surface area contributed by atoms with Gasteiger partial charge < -0.3 is 0 Å². The third kappa shape index (κ3) is 8.56. The molecule has 3 aliphatic carbocycles. The Bertz CT molecular complexity index is 847. The van der Waals surface area contributed by atoms with E-state index in [4.69, 9.17) is 0 Å². The molecular formula is C37H58O. The molecule has 4 rings (SSSR count). The normalized spacial score (nSPS) is 29.2. The van der Waals surface area contributed by atoms with E-state index in [1.165, 1.54) is 126 Å². The Morgan fingerprint density at radius 1 is 0.763 bits per heavy atom. The second-order valence-electron chi connectivity index (χ2n) is 13.6. The van der Waals surface area contributed by atoms with Crippen LogP contribution < -0.4 is 0 Å². The molecule has 0 saturated heterocycles. The summed E-state index contributed by atoms with van der Waals surface area (Å²) in [5.74, 6) is 4.84. The van der Waals surface area contributed by atoms with Crippen LogP contribution in [0.2, 0.25) is 0 Å². The number of benzene rings is 1. The molecule has 38 heavy (non-hydrogen) atoms. The van der Waals surface area contributed by atoms with Crippen molar-refractivity contribution >= 4 is 11.4 Å². The van der Waals surface area contributed by atoms with Gasteiger partial charge in [-0.3, -0.25) is 4.79 Å². The van der Waals surface area contributed by atoms with Crippen LogP contribution in [0.4, 0.5) is 0 Å². The number of hydrogen-bond acceptors (Lipinski definition) is 1. The Hall–Kier alpha value is -1.37. The minimum absolute atomic E-state index is 0.290. The lowest BCUT2D eigenvalue weighted by Crippen LogP contribution is -2.29. The number of carbonyl (C=O) groups excluding carboxylic acids is 1. The number of unbranched alkanes of at least 4 members (excludes halogenated alkanes) is 5. The van der Waals surface area contributed by atoms with Gasteiger partial charge >= 0.3 is 0 Å². The fourth-order valence-electron chi connectivity index (χ4n) is 8.03. The Morgan fingerprint density at radius 2 is 1.42 bits per heavy atom. The maximum Gasteiger partial charge on any atom is 0.159 e. The maximum absolute atomic E-state index is 13.2. The van der Waals surface area contributed by atoms with Crippen molar-refractivity contribution in [1.82, 2.24) is 0 Å². The fourth-order valence-corrected chi connectivity index (χ4v) is 8.03. The van der Waals surface area contributed by atoms with Gasteiger partial charge in [0.1, 0.15) is 0 Å². The predicted octanol–water partition coefficient (Wildman–Crippen LogP) is 11.3. The van der Waals surface area contributed by atoms with E-state index in [9.17, 15) is 4.79 Å². The van der Waals surface area contributed by atoms with E-state index in [1.807, 2.05) is 6.08 Å². The van der Waals surface area contributed by atoms with Crippen molar-refractivity contribution < 1.29 is 4.79 Å². The lowest BCUT2D eigenvalue weighted by Gasteiger charge is -2.34. The van der Waals surface area contributed by atoms with Crippen LogP contribution in [-0.4, -0.2) is 5.78 Å². The summed E-state index contributed by atoms with van der Waals surface area (Å²) < 4.78 is 0. The van der Waals surface area contributed by atoms with E-state index in [1.54, 1.807) is 0 Å². The quantitative estimate of drug-likeness (QED) is 0.237. The van der Waals surface area contributed by atoms with Crippen LogP contribution in [0.5, 0.6) is 0 Å². The average molecular weight is 519 g/mol. The van der Waals surface area contributed by atoms with Gasteiger partial charge in [-0.15, -0.1) is 0 Å². The maximum atomic E-state index is 13.2. The molecule has 1 nitrogen and oxygen atoms in total. The van der Waals surface area contributed by atoms with Gasteiger partial charge in [0.05, 0.1) is 0 Å². The minimum atomic E-state index is 0.290. The van der Waals surface area contributed by atoms with Crippen molar-refractivity contribution in [2.24, 2.45) is 29.6 Å². The summed E-state index contributed by atoms with van der Waals surface area (Å²) >= 11 is 0. The van der Waals surface area contributed by atoms with Crippen molar-refractivity contribution in [2.75, 3.05) is 0 Å². The first-order chi connectivity index (χ1) is 18.6. The van der Waals surface area contributed by atoms with Crippen molar-refractivity contribution in [3.63, 3.8) is 0 Å². The Labute approximate surface area is 235 Å². The van der Waals surface area contributed by atoms with Gasteiger partial charge in [0.2, 0.25) is 0 Å². The first-order valence-electron chi connectivity index (χ1n) is 16.9. The van der Waals surface area contributed by atoms with E-state index >= 15 is 0 Å². The van der Waals surface area contributed by atoms with E-state index in [-0.39, 0.29) is 0 Å². The van der Waals surface area contributed by atoms with E-state index < -0.39 is 0 Å². The minimum Gasteiger partial charge on any atom is -0.295 e. The summed E-state index contributed by atoms with van der Waals surface area (Å²) in [7, 11) is 0. The van der Waals surface area contributed by atoms with Crippen LogP contribution in [0.1, 0.15) is 160 Å². The van der Waals surface area contributed by atoms with Gasteiger partial charge in [-0.25, -0.2) is 0 Å². The molecule has 0 radical (unpaired) electrons. The second kappa shape index (κ2) is 15.4. The summed E-state index contributed by atoms with van der Waals surface area (Å²) in [5, 5.41) is 0. The first-order valence-corrected chi connectivity index (χ1v) is 16.9. The molecule has 1 aromatic rings.